The van der Waals surface area contributed by atoms with Crippen LogP contribution in [-0.2, 0) is 16.1 Å². The van der Waals surface area contributed by atoms with Crippen molar-refractivity contribution in [1.82, 2.24) is 20.2 Å². The molecule has 2 aliphatic heterocycles. The van der Waals surface area contributed by atoms with Crippen LogP contribution in [0.4, 0.5) is 0 Å². The Hall–Kier alpha value is -1.53. The van der Waals surface area contributed by atoms with Crippen molar-refractivity contribution in [2.75, 3.05) is 13.1 Å². The number of carbonyl (C=O) groups is 1. The first-order valence-corrected chi connectivity index (χ1v) is 8.64. The van der Waals surface area contributed by atoms with E-state index in [0.717, 1.165) is 36.7 Å². The molecule has 0 bridgehead atoms. The van der Waals surface area contributed by atoms with Gasteiger partial charge in [-0.2, -0.15) is 0 Å². The van der Waals surface area contributed by atoms with Gasteiger partial charge in [0.2, 0.25) is 5.91 Å². The van der Waals surface area contributed by atoms with Crippen molar-refractivity contribution in [2.45, 2.75) is 57.4 Å². The van der Waals surface area contributed by atoms with E-state index in [0.29, 0.717) is 12.6 Å². The van der Waals surface area contributed by atoms with Crippen LogP contribution >= 0.6 is 0 Å². The summed E-state index contributed by atoms with van der Waals surface area (Å²) in [7, 11) is 0. The maximum absolute atomic E-state index is 12.4. The van der Waals surface area contributed by atoms with Gasteiger partial charge in [-0.15, -0.1) is 0 Å². The summed E-state index contributed by atoms with van der Waals surface area (Å²) in [5.41, 5.74) is 1.65. The van der Waals surface area contributed by atoms with Crippen LogP contribution in [0.25, 0.3) is 0 Å². The molecule has 0 spiro atoms. The fourth-order valence-corrected chi connectivity index (χ4v) is 3.66. The molecule has 4 rings (SSSR count). The minimum atomic E-state index is -0.314. The van der Waals surface area contributed by atoms with Crippen LogP contribution in [0.5, 0.6) is 0 Å². The van der Waals surface area contributed by atoms with Gasteiger partial charge in [0.1, 0.15) is 6.10 Å². The van der Waals surface area contributed by atoms with E-state index < -0.39 is 0 Å². The third-order valence-electron chi connectivity index (χ3n) is 5.15. The van der Waals surface area contributed by atoms with Crippen LogP contribution in [0.1, 0.15) is 37.1 Å². The molecule has 6 nitrogen and oxygen atoms in total. The van der Waals surface area contributed by atoms with E-state index in [-0.39, 0.29) is 18.1 Å². The summed E-state index contributed by atoms with van der Waals surface area (Å²) >= 11 is 0. The number of fused-ring (bicyclic) bond motifs is 1. The van der Waals surface area contributed by atoms with Crippen molar-refractivity contribution < 1.29 is 9.53 Å². The lowest BCUT2D eigenvalue weighted by Gasteiger charge is -2.22. The summed E-state index contributed by atoms with van der Waals surface area (Å²) in [5, 5.41) is 2.93. The van der Waals surface area contributed by atoms with Crippen molar-refractivity contribution >= 4 is 5.91 Å². The zero-order chi connectivity index (χ0) is 15.8. The highest BCUT2D eigenvalue weighted by Gasteiger charge is 2.46. The van der Waals surface area contributed by atoms with Gasteiger partial charge in [-0.3, -0.25) is 19.7 Å². The fraction of sp³-hybridized carbons (Fsp3) is 0.706. The molecule has 0 radical (unpaired) electrons. The SMILES string of the molecule is Cc1cnc(CNC(=O)[C@@H]2C[C@@H]3[C@@H](CCN3CC3CC3)O2)cn1. The molecule has 3 fully saturated rings. The quantitative estimate of drug-likeness (QED) is 0.879. The molecule has 6 heteroatoms. The zero-order valence-corrected chi connectivity index (χ0v) is 13.6. The summed E-state index contributed by atoms with van der Waals surface area (Å²) in [6, 6.07) is 0.436. The number of carbonyl (C=O) groups excluding carboxylic acids is 1. The maximum atomic E-state index is 12.4. The molecule has 1 amide bonds. The Morgan fingerprint density at radius 3 is 2.96 bits per heavy atom. The van der Waals surface area contributed by atoms with Gasteiger partial charge < -0.3 is 10.1 Å². The molecule has 1 aromatic rings. The van der Waals surface area contributed by atoms with E-state index in [4.69, 9.17) is 4.74 Å². The fourth-order valence-electron chi connectivity index (χ4n) is 3.66. The number of nitrogens with zero attached hydrogens (tertiary/aromatic N) is 3. The molecule has 0 unspecified atom stereocenters. The number of nitrogens with one attached hydrogen (secondary N) is 1. The van der Waals surface area contributed by atoms with E-state index in [9.17, 15) is 4.79 Å². The Morgan fingerprint density at radius 1 is 1.35 bits per heavy atom. The Morgan fingerprint density at radius 2 is 2.22 bits per heavy atom. The van der Waals surface area contributed by atoms with Crippen LogP contribution in [0.3, 0.4) is 0 Å². The van der Waals surface area contributed by atoms with Crippen molar-refractivity contribution in [3.63, 3.8) is 0 Å². The molecule has 124 valence electrons. The molecule has 23 heavy (non-hydrogen) atoms. The van der Waals surface area contributed by atoms with E-state index >= 15 is 0 Å². The van der Waals surface area contributed by atoms with Gasteiger partial charge in [0.15, 0.2) is 0 Å². The van der Waals surface area contributed by atoms with Crippen molar-refractivity contribution in [2.24, 2.45) is 5.92 Å². The summed E-state index contributed by atoms with van der Waals surface area (Å²) in [6.45, 7) is 4.62. The molecule has 1 N–H and O–H groups in total. The predicted molar refractivity (Wildman–Crippen MR) is 84.6 cm³/mol. The van der Waals surface area contributed by atoms with Crippen molar-refractivity contribution in [3.05, 3.63) is 23.8 Å². The molecule has 3 atom stereocenters. The van der Waals surface area contributed by atoms with Gasteiger partial charge in [0.25, 0.3) is 0 Å². The Kier molecular flexibility index (Phi) is 4.03. The smallest absolute Gasteiger partial charge is 0.249 e. The van der Waals surface area contributed by atoms with Gasteiger partial charge in [-0.1, -0.05) is 0 Å². The molecule has 3 heterocycles. The molecule has 0 aromatic carbocycles. The average molecular weight is 316 g/mol. The minimum Gasteiger partial charge on any atom is -0.363 e. The molecule has 1 saturated carbocycles. The first kappa shape index (κ1) is 15.0. The summed E-state index contributed by atoms with van der Waals surface area (Å²) in [5.74, 6) is 0.870. The predicted octanol–water partition coefficient (Wildman–Crippen LogP) is 1.04. The molecular weight excluding hydrogens is 292 g/mol. The monoisotopic (exact) mass is 316 g/mol. The third-order valence-corrected chi connectivity index (χ3v) is 5.15. The number of likely N-dealkylation sites (tertiary alicyclic amines) is 1. The number of hydrogen-bond donors (Lipinski definition) is 1. The Labute approximate surface area is 136 Å². The second kappa shape index (κ2) is 6.17. The molecule has 1 aliphatic carbocycles. The number of amides is 1. The maximum Gasteiger partial charge on any atom is 0.249 e. The first-order valence-electron chi connectivity index (χ1n) is 8.64. The van der Waals surface area contributed by atoms with Crippen molar-refractivity contribution in [1.29, 1.82) is 0 Å². The summed E-state index contributed by atoms with van der Waals surface area (Å²) in [6.07, 6.45) is 7.97. The van der Waals surface area contributed by atoms with Gasteiger partial charge in [-0.05, 0) is 32.1 Å². The molecule has 3 aliphatic rings. The number of hydrogen-bond acceptors (Lipinski definition) is 5. The van der Waals surface area contributed by atoms with Crippen LogP contribution < -0.4 is 5.32 Å². The topological polar surface area (TPSA) is 67.4 Å². The number of aromatic nitrogens is 2. The van der Waals surface area contributed by atoms with Crippen LogP contribution in [-0.4, -0.2) is 52.1 Å². The van der Waals surface area contributed by atoms with Crippen molar-refractivity contribution in [3.8, 4) is 0 Å². The van der Waals surface area contributed by atoms with Crippen LogP contribution in [0, 0.1) is 12.8 Å². The standard InChI is InChI=1S/C17H24N4O2/c1-11-7-19-13(8-18-11)9-20-17(22)16-6-14-15(23-16)4-5-21(14)10-12-2-3-12/h7-8,12,14-16H,2-6,9-10H2,1H3,(H,20,22)/t14-,15-,16+/m1/s1. The molecule has 1 aromatic heterocycles. The Balaban J connectivity index is 1.29. The van der Waals surface area contributed by atoms with Gasteiger partial charge >= 0.3 is 0 Å². The largest absolute Gasteiger partial charge is 0.363 e. The zero-order valence-electron chi connectivity index (χ0n) is 13.6. The number of aryl methyl sites for hydroxylation is 1. The third kappa shape index (κ3) is 3.38. The highest BCUT2D eigenvalue weighted by atomic mass is 16.5. The average Bonchev–Trinajstić information content (AvgIpc) is 3.14. The lowest BCUT2D eigenvalue weighted by molar-refractivity contribution is -0.132. The van der Waals surface area contributed by atoms with E-state index in [1.165, 1.54) is 19.4 Å². The van der Waals surface area contributed by atoms with Gasteiger partial charge in [0, 0.05) is 31.7 Å². The lowest BCUT2D eigenvalue weighted by atomic mass is 10.1. The van der Waals surface area contributed by atoms with Gasteiger partial charge in [-0.25, -0.2) is 0 Å². The number of rotatable bonds is 5. The van der Waals surface area contributed by atoms with E-state index in [1.807, 2.05) is 6.92 Å². The van der Waals surface area contributed by atoms with E-state index in [1.54, 1.807) is 12.4 Å². The normalized spacial score (nSPS) is 30.4. The number of ether oxygens (including phenoxy) is 1. The Bertz CT molecular complexity index is 572. The minimum absolute atomic E-state index is 0.0202. The highest BCUT2D eigenvalue weighted by Crippen LogP contribution is 2.37. The van der Waals surface area contributed by atoms with E-state index in [2.05, 4.69) is 20.2 Å². The highest BCUT2D eigenvalue weighted by molar-refractivity contribution is 5.81. The first-order chi connectivity index (χ1) is 11.2. The van der Waals surface area contributed by atoms with Gasteiger partial charge in [0.05, 0.1) is 30.2 Å². The second-order valence-corrected chi connectivity index (χ2v) is 7.06. The summed E-state index contributed by atoms with van der Waals surface area (Å²) in [4.78, 5) is 23.4. The summed E-state index contributed by atoms with van der Waals surface area (Å²) < 4.78 is 6.00. The molecular formula is C17H24N4O2. The van der Waals surface area contributed by atoms with Crippen LogP contribution in [0.2, 0.25) is 0 Å². The molecule has 2 saturated heterocycles. The second-order valence-electron chi connectivity index (χ2n) is 7.06. The lowest BCUT2D eigenvalue weighted by Crippen LogP contribution is -2.37. The van der Waals surface area contributed by atoms with Crippen LogP contribution in [0.15, 0.2) is 12.4 Å².